The Morgan fingerprint density at radius 1 is 1.50 bits per heavy atom. The van der Waals surface area contributed by atoms with Gasteiger partial charge in [-0.05, 0) is 25.5 Å². The highest BCUT2D eigenvalue weighted by molar-refractivity contribution is 8.00. The van der Waals surface area contributed by atoms with Gasteiger partial charge in [0.25, 0.3) is 0 Å². The fraction of sp³-hybridized carbons (Fsp3) is 1.00. The van der Waals surface area contributed by atoms with Gasteiger partial charge in [-0.2, -0.15) is 11.8 Å². The molecule has 6 heteroatoms. The number of hydrogen-bond donors (Lipinski definition) is 2. The lowest BCUT2D eigenvalue weighted by Gasteiger charge is -2.12. The van der Waals surface area contributed by atoms with Crippen LogP contribution in [-0.4, -0.2) is 43.4 Å². The Hall–Kier alpha value is 0.220. The Morgan fingerprint density at radius 3 is 2.57 bits per heavy atom. The van der Waals surface area contributed by atoms with Crippen LogP contribution >= 0.6 is 11.8 Å². The lowest BCUT2D eigenvalue weighted by molar-refractivity contribution is 0.295. The van der Waals surface area contributed by atoms with Gasteiger partial charge in [0.05, 0.1) is 5.75 Å². The molecule has 0 aromatic rings. The van der Waals surface area contributed by atoms with Crippen molar-refractivity contribution >= 4 is 21.8 Å². The van der Waals surface area contributed by atoms with Crippen LogP contribution in [0.1, 0.15) is 19.3 Å². The molecule has 0 atom stereocenters. The molecule has 1 aliphatic rings. The lowest BCUT2D eigenvalue weighted by Crippen LogP contribution is -2.33. The molecular formula is C8H17NO3S2. The highest BCUT2D eigenvalue weighted by Crippen LogP contribution is 2.46. The summed E-state index contributed by atoms with van der Waals surface area (Å²) in [5.74, 6) is 0.0218. The normalized spacial score (nSPS) is 19.6. The summed E-state index contributed by atoms with van der Waals surface area (Å²) in [7, 11) is -3.17. The van der Waals surface area contributed by atoms with E-state index in [2.05, 4.69) is 4.72 Å². The number of aliphatic hydroxyl groups excluding tert-OH is 1. The second-order valence-corrected chi connectivity index (χ2v) is 6.80. The Morgan fingerprint density at radius 2 is 2.14 bits per heavy atom. The van der Waals surface area contributed by atoms with Crippen LogP contribution in [0, 0.1) is 0 Å². The number of rotatable bonds is 7. The van der Waals surface area contributed by atoms with Crippen LogP contribution in [0.25, 0.3) is 0 Å². The fourth-order valence-electron chi connectivity index (χ4n) is 1.16. The van der Waals surface area contributed by atoms with Gasteiger partial charge in [-0.25, -0.2) is 13.1 Å². The van der Waals surface area contributed by atoms with Crippen molar-refractivity contribution in [3.05, 3.63) is 0 Å². The Balaban J connectivity index is 2.29. The van der Waals surface area contributed by atoms with Crippen molar-refractivity contribution < 1.29 is 13.5 Å². The van der Waals surface area contributed by atoms with Crippen molar-refractivity contribution in [2.24, 2.45) is 0 Å². The lowest BCUT2D eigenvalue weighted by atomic mass is 10.4. The summed E-state index contributed by atoms with van der Waals surface area (Å²) < 4.78 is 25.4. The van der Waals surface area contributed by atoms with Crippen LogP contribution in [0.3, 0.4) is 0 Å². The largest absolute Gasteiger partial charge is 0.396 e. The van der Waals surface area contributed by atoms with E-state index < -0.39 is 10.0 Å². The zero-order chi connectivity index (χ0) is 10.7. The summed E-state index contributed by atoms with van der Waals surface area (Å²) in [6.45, 7) is 0.455. The van der Waals surface area contributed by atoms with Crippen molar-refractivity contribution in [3.63, 3.8) is 0 Å². The number of nitrogens with one attached hydrogen (secondary N) is 1. The first kappa shape index (κ1) is 12.3. The van der Waals surface area contributed by atoms with Gasteiger partial charge < -0.3 is 5.11 Å². The van der Waals surface area contributed by atoms with Crippen molar-refractivity contribution in [3.8, 4) is 0 Å². The van der Waals surface area contributed by atoms with E-state index in [-0.39, 0.29) is 17.1 Å². The summed E-state index contributed by atoms with van der Waals surface area (Å²) in [5, 5.41) is 8.52. The Kier molecular flexibility index (Phi) is 4.24. The smallest absolute Gasteiger partial charge is 0.211 e. The number of aliphatic hydroxyl groups is 1. The summed E-state index contributed by atoms with van der Waals surface area (Å²) >= 11 is 1.73. The summed E-state index contributed by atoms with van der Waals surface area (Å²) in [6.07, 6.45) is 4.50. The molecule has 0 heterocycles. The molecule has 1 fully saturated rings. The number of hydrogen-bond acceptors (Lipinski definition) is 4. The molecule has 0 spiro atoms. The monoisotopic (exact) mass is 239 g/mol. The molecule has 14 heavy (non-hydrogen) atoms. The third-order valence-electron chi connectivity index (χ3n) is 2.43. The summed E-state index contributed by atoms with van der Waals surface area (Å²) in [4.78, 5) is 0. The topological polar surface area (TPSA) is 66.4 Å². The zero-order valence-corrected chi connectivity index (χ0v) is 9.96. The number of thioether (sulfide) groups is 1. The third kappa shape index (κ3) is 3.76. The van der Waals surface area contributed by atoms with Crippen molar-refractivity contribution in [1.82, 2.24) is 4.72 Å². The second kappa shape index (κ2) is 4.83. The molecule has 2 N–H and O–H groups in total. The van der Waals surface area contributed by atoms with Gasteiger partial charge in [-0.1, -0.05) is 0 Å². The predicted molar refractivity (Wildman–Crippen MR) is 59.0 cm³/mol. The maximum atomic E-state index is 11.3. The predicted octanol–water partition coefficient (Wildman–Crippen LogP) is 0.184. The van der Waals surface area contributed by atoms with Gasteiger partial charge in [-0.3, -0.25) is 0 Å². The molecule has 0 aromatic carbocycles. The molecular weight excluding hydrogens is 222 g/mol. The first-order valence-electron chi connectivity index (χ1n) is 4.67. The van der Waals surface area contributed by atoms with E-state index in [1.807, 2.05) is 6.26 Å². The minimum Gasteiger partial charge on any atom is -0.396 e. The maximum absolute atomic E-state index is 11.3. The summed E-state index contributed by atoms with van der Waals surface area (Å²) in [6, 6.07) is 0. The van der Waals surface area contributed by atoms with Crippen molar-refractivity contribution in [2.45, 2.75) is 24.0 Å². The van der Waals surface area contributed by atoms with Crippen LogP contribution in [0.15, 0.2) is 0 Å². The van der Waals surface area contributed by atoms with E-state index >= 15 is 0 Å². The first-order chi connectivity index (χ1) is 6.54. The average Bonchev–Trinajstić information content (AvgIpc) is 2.93. The summed E-state index contributed by atoms with van der Waals surface area (Å²) in [5.41, 5.74) is 0. The second-order valence-electron chi connectivity index (χ2n) is 3.60. The highest BCUT2D eigenvalue weighted by Gasteiger charge is 2.42. The van der Waals surface area contributed by atoms with Crippen LogP contribution in [-0.2, 0) is 10.0 Å². The van der Waals surface area contributed by atoms with Crippen LogP contribution < -0.4 is 4.72 Å². The third-order valence-corrected chi connectivity index (χ3v) is 5.26. The molecule has 0 unspecified atom stereocenters. The van der Waals surface area contributed by atoms with Crippen LogP contribution in [0.5, 0.6) is 0 Å². The van der Waals surface area contributed by atoms with Crippen molar-refractivity contribution in [2.75, 3.05) is 25.2 Å². The van der Waals surface area contributed by atoms with E-state index in [1.165, 1.54) is 0 Å². The molecule has 0 radical (unpaired) electrons. The molecule has 0 aliphatic heterocycles. The highest BCUT2D eigenvalue weighted by atomic mass is 32.2. The van der Waals surface area contributed by atoms with Gasteiger partial charge in [0, 0.05) is 17.9 Å². The van der Waals surface area contributed by atoms with Crippen molar-refractivity contribution in [1.29, 1.82) is 0 Å². The van der Waals surface area contributed by atoms with Crippen LogP contribution in [0.4, 0.5) is 0 Å². The molecule has 1 rings (SSSR count). The minimum absolute atomic E-state index is 0.0218. The van der Waals surface area contributed by atoms with Gasteiger partial charge >= 0.3 is 0 Å². The quantitative estimate of drug-likeness (QED) is 0.665. The van der Waals surface area contributed by atoms with Gasteiger partial charge in [0.2, 0.25) is 10.0 Å². The number of sulfonamides is 1. The van der Waals surface area contributed by atoms with E-state index in [0.29, 0.717) is 13.0 Å². The zero-order valence-electron chi connectivity index (χ0n) is 8.32. The standard InChI is InChI=1S/C8H17NO3S2/c1-13-8(3-4-8)7-9-14(11,12)6-2-5-10/h9-10H,2-7H2,1H3. The van der Waals surface area contributed by atoms with Gasteiger partial charge in [0.1, 0.15) is 0 Å². The molecule has 1 aliphatic carbocycles. The van der Waals surface area contributed by atoms with E-state index in [4.69, 9.17) is 5.11 Å². The minimum atomic E-state index is -3.17. The van der Waals surface area contributed by atoms with E-state index in [0.717, 1.165) is 12.8 Å². The molecule has 0 amide bonds. The first-order valence-corrected chi connectivity index (χ1v) is 7.55. The SMILES string of the molecule is CSC1(CNS(=O)(=O)CCCO)CC1. The van der Waals surface area contributed by atoms with Gasteiger partial charge in [0.15, 0.2) is 0 Å². The fourth-order valence-corrected chi connectivity index (χ4v) is 3.13. The molecule has 0 bridgehead atoms. The Labute approximate surface area is 89.5 Å². The molecule has 84 valence electrons. The molecule has 4 nitrogen and oxygen atoms in total. The van der Waals surface area contributed by atoms with E-state index in [1.54, 1.807) is 11.8 Å². The maximum Gasteiger partial charge on any atom is 0.211 e. The van der Waals surface area contributed by atoms with Gasteiger partial charge in [-0.15, -0.1) is 0 Å². The molecule has 0 saturated heterocycles. The van der Waals surface area contributed by atoms with E-state index in [9.17, 15) is 8.42 Å². The Bertz CT molecular complexity index is 272. The average molecular weight is 239 g/mol. The molecule has 1 saturated carbocycles. The van der Waals surface area contributed by atoms with Crippen LogP contribution in [0.2, 0.25) is 0 Å². The molecule has 0 aromatic heterocycles.